The first-order chi connectivity index (χ1) is 15.4. The summed E-state index contributed by atoms with van der Waals surface area (Å²) in [5.74, 6) is -0.0644. The molecule has 3 rings (SSSR count). The molecule has 10 nitrogen and oxygen atoms in total. The van der Waals surface area contributed by atoms with Crippen molar-refractivity contribution >= 4 is 28.9 Å². The third kappa shape index (κ3) is 5.73. The first kappa shape index (κ1) is 23.0. The van der Waals surface area contributed by atoms with Crippen molar-refractivity contribution in [2.75, 3.05) is 31.4 Å². The van der Waals surface area contributed by atoms with E-state index in [9.17, 15) is 19.7 Å². The Balaban J connectivity index is 1.80. The Hall–Kier alpha value is -3.66. The quantitative estimate of drug-likeness (QED) is 0.401. The van der Waals surface area contributed by atoms with E-state index in [0.29, 0.717) is 23.2 Å². The number of benzene rings is 2. The van der Waals surface area contributed by atoms with Gasteiger partial charge in [-0.15, -0.1) is 0 Å². The van der Waals surface area contributed by atoms with Crippen molar-refractivity contribution in [2.45, 2.75) is 31.7 Å². The highest BCUT2D eigenvalue weighted by Crippen LogP contribution is 2.30. The maximum absolute atomic E-state index is 13.0. The first-order valence-corrected chi connectivity index (χ1v) is 10.3. The molecule has 0 spiro atoms. The zero-order valence-corrected chi connectivity index (χ0v) is 18.0. The molecule has 0 atom stereocenters. The van der Waals surface area contributed by atoms with Crippen LogP contribution in [0.2, 0.25) is 0 Å². The molecule has 1 saturated carbocycles. The van der Waals surface area contributed by atoms with Crippen LogP contribution >= 0.6 is 0 Å². The predicted octanol–water partition coefficient (Wildman–Crippen LogP) is 3.34. The highest BCUT2D eigenvalue weighted by Gasteiger charge is 2.21. The van der Waals surface area contributed by atoms with Gasteiger partial charge in [-0.3, -0.25) is 19.7 Å². The number of nitrogens with zero attached hydrogens (tertiary/aromatic N) is 1. The molecule has 2 aromatic rings. The molecule has 0 aliphatic heterocycles. The number of methoxy groups -OCH3 is 2. The lowest BCUT2D eigenvalue weighted by Crippen LogP contribution is -2.34. The number of nitrogens with one attached hydrogen (secondary N) is 3. The summed E-state index contributed by atoms with van der Waals surface area (Å²) in [4.78, 5) is 36.0. The van der Waals surface area contributed by atoms with Crippen LogP contribution in [0.4, 0.5) is 17.1 Å². The lowest BCUT2D eigenvalue weighted by atomic mass is 10.1. The number of hydrogen-bond donors (Lipinski definition) is 3. The van der Waals surface area contributed by atoms with Gasteiger partial charge in [-0.25, -0.2) is 0 Å². The monoisotopic (exact) mass is 442 g/mol. The van der Waals surface area contributed by atoms with Gasteiger partial charge in [0.15, 0.2) is 0 Å². The van der Waals surface area contributed by atoms with Gasteiger partial charge in [0.1, 0.15) is 11.5 Å². The molecular formula is C22H26N4O6. The molecule has 0 radical (unpaired) electrons. The van der Waals surface area contributed by atoms with Gasteiger partial charge in [-0.1, -0.05) is 12.8 Å². The minimum absolute atomic E-state index is 0.0358. The summed E-state index contributed by atoms with van der Waals surface area (Å²) in [5, 5.41) is 19.8. The maximum atomic E-state index is 13.0. The molecule has 0 aromatic heterocycles. The standard InChI is InChI=1S/C22H26N4O6/c1-31-16-8-10-19(20(12-16)32-2)25-22(28)17-11-15(26(29)30)7-9-18(17)24-21(27)13-23-14-5-3-4-6-14/h7-12,14,23H,3-6,13H2,1-2H3,(H,24,27)(H,25,28). The largest absolute Gasteiger partial charge is 0.497 e. The second kappa shape index (κ2) is 10.6. The van der Waals surface area contributed by atoms with E-state index in [1.165, 1.54) is 26.4 Å². The number of nitro benzene ring substituents is 1. The van der Waals surface area contributed by atoms with Gasteiger partial charge < -0.3 is 25.4 Å². The molecule has 1 aliphatic rings. The Kier molecular flexibility index (Phi) is 7.61. The third-order valence-corrected chi connectivity index (χ3v) is 5.30. The van der Waals surface area contributed by atoms with E-state index in [1.54, 1.807) is 18.2 Å². The summed E-state index contributed by atoms with van der Waals surface area (Å²) < 4.78 is 10.4. The summed E-state index contributed by atoms with van der Waals surface area (Å²) in [6, 6.07) is 8.87. The Morgan fingerprint density at radius 3 is 2.41 bits per heavy atom. The number of carbonyl (C=O) groups excluding carboxylic acids is 2. The smallest absolute Gasteiger partial charge is 0.270 e. The second-order valence-corrected chi connectivity index (χ2v) is 7.42. The molecule has 2 amide bonds. The molecule has 0 heterocycles. The summed E-state index contributed by atoms with van der Waals surface area (Å²) in [5.41, 5.74) is 0.231. The molecule has 0 saturated heterocycles. The molecule has 1 fully saturated rings. The maximum Gasteiger partial charge on any atom is 0.270 e. The number of nitro groups is 1. The Morgan fingerprint density at radius 2 is 1.75 bits per heavy atom. The minimum Gasteiger partial charge on any atom is -0.497 e. The van der Waals surface area contributed by atoms with Crippen LogP contribution in [0.5, 0.6) is 11.5 Å². The highest BCUT2D eigenvalue weighted by atomic mass is 16.6. The van der Waals surface area contributed by atoms with Crippen LogP contribution in [0.25, 0.3) is 0 Å². The van der Waals surface area contributed by atoms with Gasteiger partial charge in [0, 0.05) is 24.2 Å². The van der Waals surface area contributed by atoms with Gasteiger partial charge in [0.05, 0.1) is 42.6 Å². The van der Waals surface area contributed by atoms with Crippen LogP contribution in [0, 0.1) is 10.1 Å². The topological polar surface area (TPSA) is 132 Å². The van der Waals surface area contributed by atoms with Crippen molar-refractivity contribution in [1.29, 1.82) is 0 Å². The van der Waals surface area contributed by atoms with Gasteiger partial charge >= 0.3 is 0 Å². The van der Waals surface area contributed by atoms with Crippen LogP contribution in [-0.4, -0.2) is 43.5 Å². The third-order valence-electron chi connectivity index (χ3n) is 5.30. The molecule has 0 unspecified atom stereocenters. The summed E-state index contributed by atoms with van der Waals surface area (Å²) in [6.07, 6.45) is 4.34. The Labute approximate surface area is 185 Å². The second-order valence-electron chi connectivity index (χ2n) is 7.42. The molecular weight excluding hydrogens is 416 g/mol. The Bertz CT molecular complexity index is 1000. The van der Waals surface area contributed by atoms with Crippen molar-refractivity contribution in [3.8, 4) is 11.5 Å². The highest BCUT2D eigenvalue weighted by molar-refractivity contribution is 6.11. The molecule has 32 heavy (non-hydrogen) atoms. The number of anilines is 2. The summed E-state index contributed by atoms with van der Waals surface area (Å²) in [6.45, 7) is 0.0923. The van der Waals surface area contributed by atoms with Crippen LogP contribution in [0.15, 0.2) is 36.4 Å². The van der Waals surface area contributed by atoms with E-state index in [4.69, 9.17) is 9.47 Å². The van der Waals surface area contributed by atoms with Crippen LogP contribution in [-0.2, 0) is 4.79 Å². The number of hydrogen-bond acceptors (Lipinski definition) is 7. The fraction of sp³-hybridized carbons (Fsp3) is 0.364. The van der Waals surface area contributed by atoms with E-state index in [0.717, 1.165) is 31.7 Å². The van der Waals surface area contributed by atoms with Gasteiger partial charge in [0.2, 0.25) is 5.91 Å². The van der Waals surface area contributed by atoms with E-state index < -0.39 is 10.8 Å². The predicted molar refractivity (Wildman–Crippen MR) is 119 cm³/mol. The average Bonchev–Trinajstić information content (AvgIpc) is 3.31. The van der Waals surface area contributed by atoms with Crippen molar-refractivity contribution in [3.63, 3.8) is 0 Å². The van der Waals surface area contributed by atoms with Gasteiger partial charge in [0.25, 0.3) is 11.6 Å². The molecule has 10 heteroatoms. The van der Waals surface area contributed by atoms with Crippen molar-refractivity contribution in [1.82, 2.24) is 5.32 Å². The van der Waals surface area contributed by atoms with Crippen LogP contribution in [0.1, 0.15) is 36.0 Å². The van der Waals surface area contributed by atoms with Gasteiger partial charge in [-0.05, 0) is 31.0 Å². The molecule has 170 valence electrons. The zero-order chi connectivity index (χ0) is 23.1. The molecule has 3 N–H and O–H groups in total. The lowest BCUT2D eigenvalue weighted by Gasteiger charge is -2.15. The summed E-state index contributed by atoms with van der Waals surface area (Å²) >= 11 is 0. The van der Waals surface area contributed by atoms with Crippen LogP contribution in [0.3, 0.4) is 0 Å². The minimum atomic E-state index is -0.629. The SMILES string of the molecule is COc1ccc(NC(=O)c2cc([N+](=O)[O-])ccc2NC(=O)CNC2CCCC2)c(OC)c1. The number of carbonyl (C=O) groups is 2. The van der Waals surface area contributed by atoms with E-state index in [1.807, 2.05) is 0 Å². The zero-order valence-electron chi connectivity index (χ0n) is 18.0. The van der Waals surface area contributed by atoms with Crippen molar-refractivity contribution < 1.29 is 24.0 Å². The lowest BCUT2D eigenvalue weighted by molar-refractivity contribution is -0.384. The van der Waals surface area contributed by atoms with Crippen LogP contribution < -0.4 is 25.4 Å². The number of non-ortho nitro benzene ring substituents is 1. The number of amides is 2. The fourth-order valence-corrected chi connectivity index (χ4v) is 3.60. The average molecular weight is 442 g/mol. The normalized spacial score (nSPS) is 13.4. The number of ether oxygens (including phenoxy) is 2. The van der Waals surface area contributed by atoms with E-state index in [-0.39, 0.29) is 29.4 Å². The Morgan fingerprint density at radius 1 is 1.03 bits per heavy atom. The molecule has 1 aliphatic carbocycles. The van der Waals surface area contributed by atoms with E-state index in [2.05, 4.69) is 16.0 Å². The number of rotatable bonds is 9. The van der Waals surface area contributed by atoms with Gasteiger partial charge in [-0.2, -0.15) is 0 Å². The first-order valence-electron chi connectivity index (χ1n) is 10.3. The van der Waals surface area contributed by atoms with E-state index >= 15 is 0 Å². The molecule has 2 aromatic carbocycles. The van der Waals surface area contributed by atoms with Crippen molar-refractivity contribution in [2.24, 2.45) is 0 Å². The molecule has 0 bridgehead atoms. The van der Waals surface area contributed by atoms with Crippen molar-refractivity contribution in [3.05, 3.63) is 52.1 Å². The summed E-state index contributed by atoms with van der Waals surface area (Å²) in [7, 11) is 2.95. The fourth-order valence-electron chi connectivity index (χ4n) is 3.60.